The molecule has 2 nitrogen and oxygen atoms in total. The van der Waals surface area contributed by atoms with Gasteiger partial charge in [0.15, 0.2) is 0 Å². The first kappa shape index (κ1) is 93.0. The van der Waals surface area contributed by atoms with E-state index in [4.69, 9.17) is 4.74 Å². The molecule has 0 spiro atoms. The van der Waals surface area contributed by atoms with Crippen LogP contribution in [0.4, 0.5) is 0 Å². The first-order valence-corrected chi connectivity index (χ1v) is 39.3. The lowest BCUT2D eigenvalue weighted by molar-refractivity contribution is -0.0821. The fraction of sp³-hybridized carbons (Fsp3) is 1.00. The third-order valence-corrected chi connectivity index (χ3v) is 19.8. The molecule has 2 heteroatoms. The van der Waals surface area contributed by atoms with Crippen LogP contribution in [0.3, 0.4) is 0 Å². The van der Waals surface area contributed by atoms with Gasteiger partial charge in [-0.1, -0.05) is 308 Å². The molecule has 4 bridgehead atoms. The van der Waals surface area contributed by atoms with E-state index in [9.17, 15) is 5.11 Å². The van der Waals surface area contributed by atoms with Crippen molar-refractivity contribution < 1.29 is 9.84 Å². The van der Waals surface area contributed by atoms with E-state index >= 15 is 0 Å². The van der Waals surface area contributed by atoms with Crippen molar-refractivity contribution >= 4 is 0 Å². The van der Waals surface area contributed by atoms with E-state index in [0.717, 1.165) is 83.7 Å². The summed E-state index contributed by atoms with van der Waals surface area (Å²) in [5.74, 6) is 9.01. The van der Waals surface area contributed by atoms with Crippen molar-refractivity contribution in [2.45, 2.75) is 437 Å². The summed E-state index contributed by atoms with van der Waals surface area (Å²) in [6.07, 6.45) is 35.1. The van der Waals surface area contributed by atoms with E-state index in [-0.39, 0.29) is 5.41 Å². The van der Waals surface area contributed by atoms with Crippen LogP contribution in [-0.2, 0) is 4.74 Å². The zero-order chi connectivity index (χ0) is 72.3. The van der Waals surface area contributed by atoms with Crippen LogP contribution in [0.15, 0.2) is 0 Å². The minimum absolute atomic E-state index is 0.234. The highest BCUT2D eigenvalue weighted by Crippen LogP contribution is 2.63. The van der Waals surface area contributed by atoms with Gasteiger partial charge in [-0.3, -0.25) is 0 Å². The molecule has 8 saturated carbocycles. The zero-order valence-electron chi connectivity index (χ0n) is 71.4. The zero-order valence-corrected chi connectivity index (χ0v) is 71.4. The summed E-state index contributed by atoms with van der Waals surface area (Å²) in [5.41, 5.74) is 6.55. The number of ether oxygens (including phenoxy) is 1. The average Bonchev–Trinajstić information content (AvgIpc) is 1.75. The maximum atomic E-state index is 9.35. The van der Waals surface area contributed by atoms with Gasteiger partial charge in [0, 0.05) is 5.92 Å². The second-order valence-electron chi connectivity index (χ2n) is 47.4. The van der Waals surface area contributed by atoms with Gasteiger partial charge in [-0.05, 0) is 241 Å². The van der Waals surface area contributed by atoms with Crippen molar-refractivity contribution in [3.05, 3.63) is 0 Å². The lowest BCUT2D eigenvalue weighted by Gasteiger charge is -2.58. The standard InChI is InChI=1S/C15H26.C11H22.C9H18.C9H20.C8H18O.C8H16.C8H18.C7H14O.C7H14.C7H16/c1-14(2,3)10-15-7-11-4-12(8-15)6-13(5-11)9-15;1-11(2,3)9-10-7-5-4-6-8-10;1-8(2,3)7-9(4)5-6-9;1-8(2,3)7-9(4,5)6;1-7(2,3)6-8(4,5)9;1-8(2,3)6-7-4-5-7;1-7(2)6-8(3,4)5;1-7(2,3)6-4-8-5-6;1-7(2,3)6-4-5-6;1-6(2)7(3,4)5/h11-13H,4-10H2,1-3H3;10H,4-9H2,1-3H3;5-7H2,1-4H3;7H2,1-6H3;9H,6H2,1-5H3;7H,4-6H2,1-3H3;7H,6H2,1-5H3;6H,4-5H2,1-3H3;6H,4-5H2,1-3H3;6H,1-5H3. The van der Waals surface area contributed by atoms with Gasteiger partial charge in [0.1, 0.15) is 0 Å². The molecule has 0 radical (unpaired) electrons. The lowest BCUT2D eigenvalue weighted by Crippen LogP contribution is -2.47. The molecule has 1 heterocycles. The van der Waals surface area contributed by atoms with E-state index in [1.54, 1.807) is 38.5 Å². The fourth-order valence-electron chi connectivity index (χ4n) is 16.5. The highest BCUT2D eigenvalue weighted by Gasteiger charge is 2.51. The van der Waals surface area contributed by atoms with Crippen LogP contribution in [0.5, 0.6) is 0 Å². The summed E-state index contributed by atoms with van der Waals surface area (Å²) in [5, 5.41) is 9.35. The molecule has 1 N–H and O–H groups in total. The molecule has 0 unspecified atom stereocenters. The summed E-state index contributed by atoms with van der Waals surface area (Å²) in [4.78, 5) is 0. The maximum Gasteiger partial charge on any atom is 0.0596 e. The van der Waals surface area contributed by atoms with Gasteiger partial charge in [-0.2, -0.15) is 0 Å². The molecular weight excluding hydrogens is 1100 g/mol. The average molecular weight is 1280 g/mol. The Balaban J connectivity index is 0. The SMILES string of the molecule is CC(C)(C)C1CC1.CC(C)(C)C1COC1.CC(C)(C)CC(C)(C)C.CC(C)(C)CC(C)(C)O.CC(C)(C)CC1(C)CC1.CC(C)(C)CC12CC3CC(CC(C3)C1)C2.CC(C)(C)CC1CC1.CC(C)(C)CC1CCCCC1.CC(C)C(C)(C)C.CC(C)CC(C)(C)C. The topological polar surface area (TPSA) is 29.5 Å². The Hall–Kier alpha value is -0.0800. The predicted molar refractivity (Wildman–Crippen MR) is 417 cm³/mol. The van der Waals surface area contributed by atoms with E-state index in [1.165, 1.54) is 109 Å². The van der Waals surface area contributed by atoms with Crippen LogP contribution in [-0.4, -0.2) is 23.9 Å². The van der Waals surface area contributed by atoms with Crippen molar-refractivity contribution in [3.63, 3.8) is 0 Å². The van der Waals surface area contributed by atoms with Gasteiger partial charge in [-0.15, -0.1) is 0 Å². The second kappa shape index (κ2) is 37.4. The molecular formula is C89H182O2. The third-order valence-electron chi connectivity index (χ3n) is 19.8. The molecule has 9 rings (SSSR count). The van der Waals surface area contributed by atoms with Crippen molar-refractivity contribution in [1.82, 2.24) is 0 Å². The summed E-state index contributed by atoms with van der Waals surface area (Å²) >= 11 is 0. The van der Waals surface area contributed by atoms with Gasteiger partial charge in [0.05, 0.1) is 18.8 Å². The highest BCUT2D eigenvalue weighted by atomic mass is 16.5. The van der Waals surface area contributed by atoms with Crippen LogP contribution >= 0.6 is 0 Å². The van der Waals surface area contributed by atoms with E-state index < -0.39 is 5.60 Å². The van der Waals surface area contributed by atoms with Crippen molar-refractivity contribution in [2.24, 2.45) is 124 Å². The molecule has 0 aromatic rings. The third kappa shape index (κ3) is 58.6. The fourth-order valence-corrected chi connectivity index (χ4v) is 16.5. The van der Waals surface area contributed by atoms with Crippen LogP contribution < -0.4 is 0 Å². The smallest absolute Gasteiger partial charge is 0.0596 e. The molecule has 0 amide bonds. The van der Waals surface area contributed by atoms with Crippen molar-refractivity contribution in [1.29, 1.82) is 0 Å². The summed E-state index contributed by atoms with van der Waals surface area (Å²) < 4.78 is 5.06. The Bertz CT molecular complexity index is 1690. The Labute approximate surface area is 580 Å². The molecule has 8 aliphatic carbocycles. The van der Waals surface area contributed by atoms with Crippen molar-refractivity contribution in [3.8, 4) is 0 Å². The molecule has 1 aliphatic heterocycles. The molecule has 0 aromatic heterocycles. The first-order chi connectivity index (χ1) is 40.0. The lowest BCUT2D eigenvalue weighted by atomic mass is 9.47. The molecule has 9 aliphatic rings. The summed E-state index contributed by atoms with van der Waals surface area (Å²) in [6, 6.07) is 0. The Morgan fingerprint density at radius 3 is 0.835 bits per heavy atom. The van der Waals surface area contributed by atoms with Gasteiger partial charge < -0.3 is 9.84 Å². The highest BCUT2D eigenvalue weighted by molar-refractivity contribution is 5.02. The molecule has 550 valence electrons. The Kier molecular flexibility index (Phi) is 38.2. The second-order valence-corrected chi connectivity index (χ2v) is 47.4. The number of rotatable bonds is 6. The number of aliphatic hydroxyl groups is 1. The number of hydrogen-bond acceptors (Lipinski definition) is 2. The van der Waals surface area contributed by atoms with Gasteiger partial charge in [0.2, 0.25) is 0 Å². The predicted octanol–water partition coefficient (Wildman–Crippen LogP) is 30.2. The Morgan fingerprint density at radius 1 is 0.385 bits per heavy atom. The maximum absolute atomic E-state index is 9.35. The van der Waals surface area contributed by atoms with E-state index in [2.05, 4.69) is 263 Å². The minimum Gasteiger partial charge on any atom is -0.390 e. The summed E-state index contributed by atoms with van der Waals surface area (Å²) in [6.45, 7) is 93.0. The first-order valence-electron chi connectivity index (χ1n) is 39.3. The molecule has 0 aromatic carbocycles. The number of hydrogen-bond donors (Lipinski definition) is 1. The van der Waals surface area contributed by atoms with Gasteiger partial charge in [-0.25, -0.2) is 0 Å². The van der Waals surface area contributed by atoms with Crippen LogP contribution in [0.1, 0.15) is 431 Å². The monoisotopic (exact) mass is 1280 g/mol. The van der Waals surface area contributed by atoms with E-state index in [1.807, 2.05) is 13.8 Å². The van der Waals surface area contributed by atoms with Crippen LogP contribution in [0.2, 0.25) is 0 Å². The minimum atomic E-state index is -0.516. The molecule has 91 heavy (non-hydrogen) atoms. The van der Waals surface area contributed by atoms with Crippen LogP contribution in [0, 0.1) is 124 Å². The quantitative estimate of drug-likeness (QED) is 0.287. The normalized spacial score (nSPS) is 23.6. The molecule has 1 saturated heterocycles. The van der Waals surface area contributed by atoms with Crippen molar-refractivity contribution in [2.75, 3.05) is 13.2 Å². The largest absolute Gasteiger partial charge is 0.390 e. The van der Waals surface area contributed by atoms with E-state index in [0.29, 0.717) is 54.1 Å². The Morgan fingerprint density at radius 2 is 0.714 bits per heavy atom. The summed E-state index contributed by atoms with van der Waals surface area (Å²) in [7, 11) is 0. The van der Waals surface area contributed by atoms with Gasteiger partial charge in [0.25, 0.3) is 0 Å². The van der Waals surface area contributed by atoms with Gasteiger partial charge >= 0.3 is 0 Å². The van der Waals surface area contributed by atoms with Crippen LogP contribution in [0.25, 0.3) is 0 Å². The molecule has 0 atom stereocenters. The molecule has 9 fully saturated rings.